The Morgan fingerprint density at radius 1 is 1.50 bits per heavy atom. The molecular formula is C10H16O2. The number of carbonyl (C=O) groups excluding carboxylic acids is 1. The van der Waals surface area contributed by atoms with Gasteiger partial charge < -0.3 is 4.74 Å². The maximum absolute atomic E-state index is 11.2. The molecule has 0 spiro atoms. The number of hydrogen-bond acceptors (Lipinski definition) is 2. The van der Waals surface area contributed by atoms with Crippen molar-refractivity contribution in [3.8, 4) is 0 Å². The summed E-state index contributed by atoms with van der Waals surface area (Å²) in [5.74, 6) is -0.345. The van der Waals surface area contributed by atoms with Crippen LogP contribution in [0.3, 0.4) is 0 Å². The average molecular weight is 168 g/mol. The van der Waals surface area contributed by atoms with Crippen LogP contribution in [-0.4, -0.2) is 12.6 Å². The molecule has 0 atom stereocenters. The highest BCUT2D eigenvalue weighted by Crippen LogP contribution is 2.24. The molecule has 2 nitrogen and oxygen atoms in total. The molecule has 0 fully saturated rings. The second-order valence-electron chi connectivity index (χ2n) is 3.62. The van der Waals surface area contributed by atoms with Gasteiger partial charge in [-0.15, -0.1) is 0 Å². The molecular weight excluding hydrogens is 152 g/mol. The molecule has 0 heterocycles. The van der Waals surface area contributed by atoms with E-state index in [4.69, 9.17) is 4.74 Å². The van der Waals surface area contributed by atoms with Crippen molar-refractivity contribution in [3.05, 3.63) is 24.8 Å². The predicted octanol–water partition coefficient (Wildman–Crippen LogP) is 2.32. The van der Waals surface area contributed by atoms with Crippen LogP contribution in [0.1, 0.15) is 20.8 Å². The first kappa shape index (κ1) is 11.0. The zero-order chi connectivity index (χ0) is 9.78. The van der Waals surface area contributed by atoms with Gasteiger partial charge in [-0.25, -0.2) is 4.79 Å². The summed E-state index contributed by atoms with van der Waals surface area (Å²) in [6, 6.07) is 0. The lowest BCUT2D eigenvalue weighted by molar-refractivity contribution is -0.138. The Morgan fingerprint density at radius 2 is 2.00 bits per heavy atom. The SMILES string of the molecule is C=CCOC(=O)C(=C)C(C)(C)C. The molecule has 0 aliphatic carbocycles. The molecule has 0 aromatic rings. The van der Waals surface area contributed by atoms with Crippen molar-refractivity contribution >= 4 is 5.97 Å². The van der Waals surface area contributed by atoms with Gasteiger partial charge >= 0.3 is 5.97 Å². The Kier molecular flexibility index (Phi) is 3.74. The average Bonchev–Trinajstić information content (AvgIpc) is 1.97. The summed E-state index contributed by atoms with van der Waals surface area (Å²) < 4.78 is 4.82. The van der Waals surface area contributed by atoms with Gasteiger partial charge in [0.2, 0.25) is 0 Å². The van der Waals surface area contributed by atoms with Crippen LogP contribution in [-0.2, 0) is 9.53 Å². The molecule has 12 heavy (non-hydrogen) atoms. The van der Waals surface area contributed by atoms with E-state index < -0.39 is 0 Å². The van der Waals surface area contributed by atoms with E-state index in [0.29, 0.717) is 5.57 Å². The van der Waals surface area contributed by atoms with Crippen molar-refractivity contribution in [2.45, 2.75) is 20.8 Å². The van der Waals surface area contributed by atoms with Gasteiger partial charge in [0, 0.05) is 5.57 Å². The summed E-state index contributed by atoms with van der Waals surface area (Å²) in [5, 5.41) is 0. The molecule has 68 valence electrons. The van der Waals surface area contributed by atoms with Gasteiger partial charge in [-0.1, -0.05) is 40.0 Å². The first-order chi connectivity index (χ1) is 5.39. The number of esters is 1. The summed E-state index contributed by atoms with van der Waals surface area (Å²) in [7, 11) is 0. The molecule has 2 heteroatoms. The van der Waals surface area contributed by atoms with Gasteiger partial charge in [0.25, 0.3) is 0 Å². The molecule has 0 bridgehead atoms. The molecule has 0 N–H and O–H groups in total. The standard InChI is InChI=1S/C10H16O2/c1-6-7-12-9(11)8(2)10(3,4)5/h6H,1-2,7H2,3-5H3. The highest BCUT2D eigenvalue weighted by molar-refractivity contribution is 5.89. The van der Waals surface area contributed by atoms with Gasteiger partial charge in [-0.2, -0.15) is 0 Å². The van der Waals surface area contributed by atoms with Crippen molar-refractivity contribution in [3.63, 3.8) is 0 Å². The first-order valence-corrected chi connectivity index (χ1v) is 3.87. The largest absolute Gasteiger partial charge is 0.458 e. The van der Waals surface area contributed by atoms with Crippen LogP contribution in [0.15, 0.2) is 24.8 Å². The predicted molar refractivity (Wildman–Crippen MR) is 49.8 cm³/mol. The maximum Gasteiger partial charge on any atom is 0.334 e. The van der Waals surface area contributed by atoms with E-state index in [1.54, 1.807) is 0 Å². The van der Waals surface area contributed by atoms with Gasteiger partial charge in [-0.05, 0) is 5.41 Å². The zero-order valence-corrected chi connectivity index (χ0v) is 8.02. The van der Waals surface area contributed by atoms with Gasteiger partial charge in [0.05, 0.1) is 0 Å². The van der Waals surface area contributed by atoms with Crippen LogP contribution in [0.2, 0.25) is 0 Å². The van der Waals surface area contributed by atoms with Crippen molar-refractivity contribution in [2.75, 3.05) is 6.61 Å². The van der Waals surface area contributed by atoms with Gasteiger partial charge in [-0.3, -0.25) is 0 Å². The van der Waals surface area contributed by atoms with E-state index in [1.165, 1.54) is 6.08 Å². The maximum atomic E-state index is 11.2. The fraction of sp³-hybridized carbons (Fsp3) is 0.500. The third-order valence-electron chi connectivity index (χ3n) is 1.48. The molecule has 0 amide bonds. The summed E-state index contributed by atoms with van der Waals surface area (Å²) in [6.45, 7) is 13.1. The smallest absolute Gasteiger partial charge is 0.334 e. The molecule has 0 saturated carbocycles. The molecule has 0 unspecified atom stereocenters. The Bertz CT molecular complexity index is 196. The Morgan fingerprint density at radius 3 is 2.33 bits per heavy atom. The van der Waals surface area contributed by atoms with E-state index in [1.807, 2.05) is 20.8 Å². The number of ether oxygens (including phenoxy) is 1. The highest BCUT2D eigenvalue weighted by Gasteiger charge is 2.22. The third-order valence-corrected chi connectivity index (χ3v) is 1.48. The molecule has 0 saturated heterocycles. The monoisotopic (exact) mass is 168 g/mol. The van der Waals surface area contributed by atoms with Crippen LogP contribution in [0, 0.1) is 5.41 Å². The van der Waals surface area contributed by atoms with E-state index in [0.717, 1.165) is 0 Å². The highest BCUT2D eigenvalue weighted by atomic mass is 16.5. The van der Waals surface area contributed by atoms with Crippen LogP contribution in [0.4, 0.5) is 0 Å². The molecule has 0 aliphatic heterocycles. The lowest BCUT2D eigenvalue weighted by atomic mass is 9.88. The van der Waals surface area contributed by atoms with E-state index in [2.05, 4.69) is 13.2 Å². The lowest BCUT2D eigenvalue weighted by Crippen LogP contribution is -2.19. The Labute approximate surface area is 73.9 Å². The van der Waals surface area contributed by atoms with E-state index in [-0.39, 0.29) is 18.0 Å². The zero-order valence-electron chi connectivity index (χ0n) is 8.02. The van der Waals surface area contributed by atoms with Gasteiger partial charge in [0.15, 0.2) is 0 Å². The Hall–Kier alpha value is -1.05. The van der Waals surface area contributed by atoms with E-state index >= 15 is 0 Å². The number of rotatable bonds is 3. The fourth-order valence-corrected chi connectivity index (χ4v) is 0.528. The van der Waals surface area contributed by atoms with Crippen LogP contribution >= 0.6 is 0 Å². The summed E-state index contributed by atoms with van der Waals surface area (Å²) in [4.78, 5) is 11.2. The molecule has 0 aromatic carbocycles. The van der Waals surface area contributed by atoms with Crippen molar-refractivity contribution < 1.29 is 9.53 Å². The summed E-state index contributed by atoms with van der Waals surface area (Å²) >= 11 is 0. The molecule has 0 rings (SSSR count). The first-order valence-electron chi connectivity index (χ1n) is 3.87. The normalized spacial score (nSPS) is 10.6. The summed E-state index contributed by atoms with van der Waals surface area (Å²) in [5.41, 5.74) is 0.266. The number of carbonyl (C=O) groups is 1. The third kappa shape index (κ3) is 3.37. The van der Waals surface area contributed by atoms with Crippen molar-refractivity contribution in [1.82, 2.24) is 0 Å². The minimum absolute atomic E-state index is 0.224. The van der Waals surface area contributed by atoms with E-state index in [9.17, 15) is 4.79 Å². The fourth-order valence-electron chi connectivity index (χ4n) is 0.528. The minimum Gasteiger partial charge on any atom is -0.458 e. The topological polar surface area (TPSA) is 26.3 Å². The molecule has 0 aliphatic rings. The van der Waals surface area contributed by atoms with Crippen LogP contribution in [0.5, 0.6) is 0 Å². The molecule has 0 aromatic heterocycles. The van der Waals surface area contributed by atoms with Crippen LogP contribution in [0.25, 0.3) is 0 Å². The number of hydrogen-bond donors (Lipinski definition) is 0. The summed E-state index contributed by atoms with van der Waals surface area (Å²) in [6.07, 6.45) is 1.54. The van der Waals surface area contributed by atoms with Crippen LogP contribution < -0.4 is 0 Å². The quantitative estimate of drug-likeness (QED) is 0.367. The van der Waals surface area contributed by atoms with Crippen molar-refractivity contribution in [2.24, 2.45) is 5.41 Å². The van der Waals surface area contributed by atoms with Crippen molar-refractivity contribution in [1.29, 1.82) is 0 Å². The lowest BCUT2D eigenvalue weighted by Gasteiger charge is -2.19. The second-order valence-corrected chi connectivity index (χ2v) is 3.62. The molecule has 0 radical (unpaired) electrons. The minimum atomic E-state index is -0.345. The Balaban J connectivity index is 4.12. The second kappa shape index (κ2) is 4.10. The van der Waals surface area contributed by atoms with Gasteiger partial charge in [0.1, 0.15) is 6.61 Å².